The van der Waals surface area contributed by atoms with Crippen LogP contribution in [0.3, 0.4) is 0 Å². The van der Waals surface area contributed by atoms with E-state index in [1.807, 2.05) is 38.1 Å². The van der Waals surface area contributed by atoms with Crippen molar-refractivity contribution in [3.8, 4) is 0 Å². The number of benzene rings is 2. The maximum Gasteiger partial charge on any atom is 0.228 e. The summed E-state index contributed by atoms with van der Waals surface area (Å²) in [5.74, 6) is -0.639. The number of rotatable bonds is 1. The van der Waals surface area contributed by atoms with Gasteiger partial charge in [-0.05, 0) is 41.7 Å². The summed E-state index contributed by atoms with van der Waals surface area (Å²) in [7, 11) is 0. The number of amides is 1. The lowest BCUT2D eigenvalue weighted by Crippen LogP contribution is -2.39. The Morgan fingerprint density at radius 1 is 1.12 bits per heavy atom. The zero-order valence-electron chi connectivity index (χ0n) is 14.5. The van der Waals surface area contributed by atoms with E-state index in [1.165, 1.54) is 0 Å². The van der Waals surface area contributed by atoms with Crippen molar-refractivity contribution in [1.29, 1.82) is 0 Å². The van der Waals surface area contributed by atoms with Crippen LogP contribution in [0.1, 0.15) is 54.1 Å². The maximum absolute atomic E-state index is 12.9. The molecule has 0 spiro atoms. The molecule has 2 aliphatic rings. The van der Waals surface area contributed by atoms with Gasteiger partial charge in [-0.25, -0.2) is 0 Å². The highest BCUT2D eigenvalue weighted by molar-refractivity contribution is 6.19. The summed E-state index contributed by atoms with van der Waals surface area (Å²) in [4.78, 5) is 25.3. The highest BCUT2D eigenvalue weighted by Crippen LogP contribution is 2.45. The molecule has 0 aromatic heterocycles. The third-order valence-corrected chi connectivity index (χ3v) is 4.97. The Hall–Kier alpha value is -2.42. The number of hydrogen-bond donors (Lipinski definition) is 1. The molecule has 124 valence electrons. The normalized spacial score (nSPS) is 22.2. The van der Waals surface area contributed by atoms with Crippen LogP contribution < -0.4 is 5.32 Å². The van der Waals surface area contributed by atoms with Gasteiger partial charge in [0.05, 0.1) is 11.8 Å². The number of hydrogen-bond acceptors (Lipinski definition) is 2. The number of ketones is 1. The standard InChI is InChI=1S/C19H17NO2.C2H6/c1-10-6-8-13-16-12(10)4-3-5-14(16)18(21)17(13)15-9-7-11(2)20-19(15)22;1-2/h3-6,8,15,17H,2,7,9H2,1H3,(H,20,22);1-2H3. The summed E-state index contributed by atoms with van der Waals surface area (Å²) in [6.45, 7) is 9.87. The van der Waals surface area contributed by atoms with Crippen LogP contribution in [-0.2, 0) is 4.79 Å². The highest BCUT2D eigenvalue weighted by Gasteiger charge is 2.42. The predicted octanol–water partition coefficient (Wildman–Crippen LogP) is 4.49. The van der Waals surface area contributed by atoms with Gasteiger partial charge >= 0.3 is 0 Å². The van der Waals surface area contributed by atoms with Crippen molar-refractivity contribution in [2.24, 2.45) is 5.92 Å². The smallest absolute Gasteiger partial charge is 0.228 e. The molecule has 4 rings (SSSR count). The number of carbonyl (C=O) groups is 2. The fraction of sp³-hybridized carbons (Fsp3) is 0.333. The van der Waals surface area contributed by atoms with Crippen LogP contribution >= 0.6 is 0 Å². The van der Waals surface area contributed by atoms with Crippen LogP contribution in [0, 0.1) is 12.8 Å². The minimum Gasteiger partial charge on any atom is -0.330 e. The third-order valence-electron chi connectivity index (χ3n) is 4.97. The molecule has 1 aliphatic heterocycles. The Labute approximate surface area is 142 Å². The van der Waals surface area contributed by atoms with Gasteiger partial charge in [0.2, 0.25) is 5.91 Å². The molecule has 1 amide bonds. The highest BCUT2D eigenvalue weighted by atomic mass is 16.2. The molecule has 1 fully saturated rings. The second kappa shape index (κ2) is 6.23. The van der Waals surface area contributed by atoms with E-state index in [0.29, 0.717) is 6.42 Å². The van der Waals surface area contributed by atoms with E-state index in [0.717, 1.165) is 39.6 Å². The first-order valence-electron chi connectivity index (χ1n) is 8.63. The van der Waals surface area contributed by atoms with E-state index in [-0.39, 0.29) is 23.5 Å². The molecule has 1 heterocycles. The van der Waals surface area contributed by atoms with Gasteiger partial charge in [-0.2, -0.15) is 0 Å². The van der Waals surface area contributed by atoms with Crippen molar-refractivity contribution in [1.82, 2.24) is 5.32 Å². The van der Waals surface area contributed by atoms with Gasteiger partial charge in [0.25, 0.3) is 0 Å². The molecule has 2 atom stereocenters. The average Bonchev–Trinajstić information content (AvgIpc) is 2.87. The molecule has 1 aliphatic carbocycles. The monoisotopic (exact) mass is 321 g/mol. The second-order valence-corrected chi connectivity index (χ2v) is 6.28. The molecule has 2 unspecified atom stereocenters. The lowest BCUT2D eigenvalue weighted by atomic mass is 9.80. The fourth-order valence-corrected chi connectivity index (χ4v) is 3.86. The molecule has 3 heteroatoms. The summed E-state index contributed by atoms with van der Waals surface area (Å²) >= 11 is 0. The minimum atomic E-state index is -0.353. The number of aryl methyl sites for hydroxylation is 1. The zero-order valence-corrected chi connectivity index (χ0v) is 14.5. The van der Waals surface area contributed by atoms with Gasteiger partial charge in [0, 0.05) is 11.3 Å². The van der Waals surface area contributed by atoms with Gasteiger partial charge in [-0.15, -0.1) is 0 Å². The van der Waals surface area contributed by atoms with Crippen LogP contribution in [0.2, 0.25) is 0 Å². The van der Waals surface area contributed by atoms with E-state index in [4.69, 9.17) is 0 Å². The molecule has 2 aromatic rings. The van der Waals surface area contributed by atoms with E-state index < -0.39 is 0 Å². The molecule has 2 aromatic carbocycles. The number of allylic oxidation sites excluding steroid dienone is 1. The SMILES string of the molecule is C=C1CCC(C2C(=O)c3cccc4c(C)ccc2c34)C(=O)N1.CC. The van der Waals surface area contributed by atoms with Crippen LogP contribution in [0.15, 0.2) is 42.6 Å². The zero-order chi connectivity index (χ0) is 17.4. The molecule has 0 saturated carbocycles. The maximum atomic E-state index is 12.9. The van der Waals surface area contributed by atoms with Crippen molar-refractivity contribution < 1.29 is 9.59 Å². The quantitative estimate of drug-likeness (QED) is 0.841. The van der Waals surface area contributed by atoms with Gasteiger partial charge in [-0.3, -0.25) is 9.59 Å². The largest absolute Gasteiger partial charge is 0.330 e. The molecule has 24 heavy (non-hydrogen) atoms. The van der Waals surface area contributed by atoms with Gasteiger partial charge in [0.1, 0.15) is 0 Å². The molecular weight excluding hydrogens is 298 g/mol. The molecular formula is C21H23NO2. The summed E-state index contributed by atoms with van der Waals surface area (Å²) < 4.78 is 0. The van der Waals surface area contributed by atoms with Gasteiger partial charge < -0.3 is 5.32 Å². The Bertz CT molecular complexity index is 850. The van der Waals surface area contributed by atoms with Crippen molar-refractivity contribution in [2.75, 3.05) is 0 Å². The Morgan fingerprint density at radius 2 is 1.88 bits per heavy atom. The minimum absolute atomic E-state index is 0.0730. The lowest BCUT2D eigenvalue weighted by Gasteiger charge is -2.28. The summed E-state index contributed by atoms with van der Waals surface area (Å²) in [6, 6.07) is 9.93. The first-order valence-corrected chi connectivity index (χ1v) is 8.63. The number of piperidine rings is 1. The number of nitrogens with one attached hydrogen (secondary N) is 1. The first-order chi connectivity index (χ1) is 11.6. The lowest BCUT2D eigenvalue weighted by molar-refractivity contribution is -0.125. The van der Waals surface area contributed by atoms with Crippen molar-refractivity contribution in [2.45, 2.75) is 39.5 Å². The van der Waals surface area contributed by atoms with Crippen molar-refractivity contribution >= 4 is 22.5 Å². The predicted molar refractivity (Wildman–Crippen MR) is 97.1 cm³/mol. The second-order valence-electron chi connectivity index (χ2n) is 6.28. The van der Waals surface area contributed by atoms with E-state index >= 15 is 0 Å². The van der Waals surface area contributed by atoms with E-state index in [2.05, 4.69) is 24.9 Å². The Balaban J connectivity index is 0.000000815. The Morgan fingerprint density at radius 3 is 2.58 bits per heavy atom. The summed E-state index contributed by atoms with van der Waals surface area (Å²) in [5, 5.41) is 4.97. The van der Waals surface area contributed by atoms with E-state index in [9.17, 15) is 9.59 Å². The molecule has 1 N–H and O–H groups in total. The Kier molecular flexibility index (Phi) is 4.27. The molecule has 3 nitrogen and oxygen atoms in total. The van der Waals surface area contributed by atoms with Crippen LogP contribution in [-0.4, -0.2) is 11.7 Å². The van der Waals surface area contributed by atoms with Crippen LogP contribution in [0.4, 0.5) is 0 Å². The molecule has 0 bridgehead atoms. The number of Topliss-reactive ketones (excluding diaryl/α,β-unsaturated/α-hetero) is 1. The first kappa shape index (κ1) is 16.4. The number of carbonyl (C=O) groups excluding carboxylic acids is 2. The molecule has 0 radical (unpaired) electrons. The van der Waals surface area contributed by atoms with Crippen LogP contribution in [0.25, 0.3) is 10.8 Å². The summed E-state index contributed by atoms with van der Waals surface area (Å²) in [5.41, 5.74) is 3.68. The van der Waals surface area contributed by atoms with Crippen LogP contribution in [0.5, 0.6) is 0 Å². The third kappa shape index (κ3) is 2.35. The van der Waals surface area contributed by atoms with Crippen molar-refractivity contribution in [3.63, 3.8) is 0 Å². The van der Waals surface area contributed by atoms with Gasteiger partial charge in [0.15, 0.2) is 5.78 Å². The van der Waals surface area contributed by atoms with Crippen molar-refractivity contribution in [3.05, 3.63) is 59.3 Å². The van der Waals surface area contributed by atoms with Gasteiger partial charge in [-0.1, -0.05) is 50.8 Å². The average molecular weight is 321 g/mol. The van der Waals surface area contributed by atoms with E-state index in [1.54, 1.807) is 0 Å². The fourth-order valence-electron chi connectivity index (χ4n) is 3.86. The topological polar surface area (TPSA) is 46.2 Å². The molecule has 1 saturated heterocycles. The summed E-state index contributed by atoms with van der Waals surface area (Å²) in [6.07, 6.45) is 1.43.